The van der Waals surface area contributed by atoms with Gasteiger partial charge in [0.1, 0.15) is 0 Å². The van der Waals surface area contributed by atoms with Gasteiger partial charge in [0.25, 0.3) is 0 Å². The van der Waals surface area contributed by atoms with E-state index in [4.69, 9.17) is 0 Å². The van der Waals surface area contributed by atoms with Gasteiger partial charge in [-0.05, 0) is 38.3 Å². The molecule has 0 aromatic heterocycles. The van der Waals surface area contributed by atoms with Gasteiger partial charge in [0, 0.05) is 25.6 Å². The van der Waals surface area contributed by atoms with E-state index in [0.717, 1.165) is 13.0 Å². The second-order valence-electron chi connectivity index (χ2n) is 7.93. The number of likely N-dealkylation sites (N-methyl/N-ethyl adjacent to an activating group) is 1. The molecule has 0 aromatic carbocycles. The van der Waals surface area contributed by atoms with Gasteiger partial charge in [-0.3, -0.25) is 4.79 Å². The summed E-state index contributed by atoms with van der Waals surface area (Å²) in [6.45, 7) is 10.1. The fraction of sp³-hybridized carbons (Fsp3) is 0.938. The summed E-state index contributed by atoms with van der Waals surface area (Å²) in [7, 11) is 4.02. The lowest BCUT2D eigenvalue weighted by Crippen LogP contribution is -2.42. The first kappa shape index (κ1) is 17.4. The summed E-state index contributed by atoms with van der Waals surface area (Å²) in [6.07, 6.45) is 1.99. The first-order valence-corrected chi connectivity index (χ1v) is 7.70. The van der Waals surface area contributed by atoms with E-state index in [0.29, 0.717) is 25.3 Å². The minimum absolute atomic E-state index is 0.161. The van der Waals surface area contributed by atoms with Crippen LogP contribution in [0.25, 0.3) is 0 Å². The molecule has 0 bridgehead atoms. The van der Waals surface area contributed by atoms with Crippen molar-refractivity contribution in [1.82, 2.24) is 9.80 Å². The van der Waals surface area contributed by atoms with Gasteiger partial charge in [-0.25, -0.2) is 0 Å². The monoisotopic (exact) mass is 284 g/mol. The molecule has 0 spiro atoms. The highest BCUT2D eigenvalue weighted by molar-refractivity contribution is 5.77. The number of likely N-dealkylation sites (tertiary alicyclic amines) is 1. The van der Waals surface area contributed by atoms with Crippen molar-refractivity contribution in [3.8, 4) is 0 Å². The Hall–Kier alpha value is -0.610. The van der Waals surface area contributed by atoms with Gasteiger partial charge >= 0.3 is 0 Å². The van der Waals surface area contributed by atoms with Crippen LogP contribution in [0.5, 0.6) is 0 Å². The summed E-state index contributed by atoms with van der Waals surface area (Å²) in [5.41, 5.74) is 0.257. The van der Waals surface area contributed by atoms with Gasteiger partial charge in [-0.2, -0.15) is 0 Å². The van der Waals surface area contributed by atoms with E-state index < -0.39 is 0 Å². The molecule has 1 N–H and O–H groups in total. The van der Waals surface area contributed by atoms with Crippen LogP contribution >= 0.6 is 0 Å². The number of β-amino-alcohol motifs (C(OH)–C–C–N with tert-alkyl or cyclic N) is 1. The van der Waals surface area contributed by atoms with Crippen LogP contribution in [0.4, 0.5) is 0 Å². The molecule has 3 unspecified atom stereocenters. The fourth-order valence-electron chi connectivity index (χ4n) is 3.32. The molecule has 118 valence electrons. The van der Waals surface area contributed by atoms with Crippen molar-refractivity contribution in [3.05, 3.63) is 0 Å². The molecule has 1 rings (SSSR count). The third-order valence-corrected chi connectivity index (χ3v) is 3.77. The number of aliphatic hydroxyl groups is 1. The van der Waals surface area contributed by atoms with Crippen molar-refractivity contribution >= 4 is 5.91 Å². The lowest BCUT2D eigenvalue weighted by atomic mass is 9.84. The van der Waals surface area contributed by atoms with Gasteiger partial charge in [0.05, 0.1) is 6.10 Å². The van der Waals surface area contributed by atoms with Crippen LogP contribution in [0.15, 0.2) is 0 Å². The van der Waals surface area contributed by atoms with Gasteiger partial charge in [0.2, 0.25) is 5.91 Å². The number of amides is 1. The van der Waals surface area contributed by atoms with E-state index in [9.17, 15) is 9.90 Å². The molecular formula is C16H32N2O2. The molecule has 1 aliphatic rings. The summed E-state index contributed by atoms with van der Waals surface area (Å²) in [4.78, 5) is 16.5. The zero-order valence-corrected chi connectivity index (χ0v) is 14.0. The van der Waals surface area contributed by atoms with E-state index in [1.165, 1.54) is 0 Å². The predicted octanol–water partition coefficient (Wildman–Crippen LogP) is 1.97. The van der Waals surface area contributed by atoms with Gasteiger partial charge < -0.3 is 14.9 Å². The first-order chi connectivity index (χ1) is 9.08. The zero-order chi connectivity index (χ0) is 15.5. The van der Waals surface area contributed by atoms with Crippen LogP contribution in [0, 0.1) is 11.3 Å². The second kappa shape index (κ2) is 6.90. The normalized spacial score (nSPS) is 25.3. The fourth-order valence-corrected chi connectivity index (χ4v) is 3.32. The van der Waals surface area contributed by atoms with E-state index in [-0.39, 0.29) is 23.5 Å². The Morgan fingerprint density at radius 3 is 2.50 bits per heavy atom. The smallest absolute Gasteiger partial charge is 0.223 e. The molecule has 4 heteroatoms. The molecule has 0 saturated carbocycles. The molecule has 1 amide bonds. The van der Waals surface area contributed by atoms with Crippen molar-refractivity contribution in [2.24, 2.45) is 11.3 Å². The van der Waals surface area contributed by atoms with E-state index in [1.807, 2.05) is 19.0 Å². The zero-order valence-electron chi connectivity index (χ0n) is 14.0. The summed E-state index contributed by atoms with van der Waals surface area (Å²) in [5.74, 6) is 0.588. The number of aliphatic hydroxyl groups excluding tert-OH is 1. The van der Waals surface area contributed by atoms with Gasteiger partial charge in [-0.1, -0.05) is 27.7 Å². The van der Waals surface area contributed by atoms with E-state index in [1.54, 1.807) is 0 Å². The van der Waals surface area contributed by atoms with Crippen molar-refractivity contribution < 1.29 is 9.90 Å². The summed E-state index contributed by atoms with van der Waals surface area (Å²) < 4.78 is 0. The predicted molar refractivity (Wildman–Crippen MR) is 82.5 cm³/mol. The Morgan fingerprint density at radius 1 is 1.40 bits per heavy atom. The second-order valence-corrected chi connectivity index (χ2v) is 7.93. The first-order valence-electron chi connectivity index (χ1n) is 7.70. The van der Waals surface area contributed by atoms with Gasteiger partial charge in [-0.15, -0.1) is 0 Å². The van der Waals surface area contributed by atoms with Crippen LogP contribution in [-0.4, -0.2) is 60.1 Å². The average Bonchev–Trinajstić information content (AvgIpc) is 2.55. The topological polar surface area (TPSA) is 43.8 Å². The molecule has 1 fully saturated rings. The Balaban J connectivity index is 2.56. The Kier molecular flexibility index (Phi) is 6.02. The molecule has 0 aliphatic carbocycles. The third-order valence-electron chi connectivity index (χ3n) is 3.77. The van der Waals surface area contributed by atoms with Crippen LogP contribution in [0.3, 0.4) is 0 Å². The molecule has 3 atom stereocenters. The molecule has 1 heterocycles. The summed E-state index contributed by atoms with van der Waals surface area (Å²) in [6, 6.07) is 0.161. The largest absolute Gasteiger partial charge is 0.391 e. The molecule has 1 saturated heterocycles. The number of hydrogen-bond donors (Lipinski definition) is 1. The van der Waals surface area contributed by atoms with Crippen molar-refractivity contribution in [3.63, 3.8) is 0 Å². The minimum atomic E-state index is -0.359. The van der Waals surface area contributed by atoms with Crippen molar-refractivity contribution in [1.29, 1.82) is 0 Å². The van der Waals surface area contributed by atoms with E-state index in [2.05, 4.69) is 32.6 Å². The molecule has 20 heavy (non-hydrogen) atoms. The minimum Gasteiger partial charge on any atom is -0.391 e. The average molecular weight is 284 g/mol. The van der Waals surface area contributed by atoms with E-state index >= 15 is 0 Å². The maximum Gasteiger partial charge on any atom is 0.223 e. The Morgan fingerprint density at radius 2 is 2.00 bits per heavy atom. The lowest BCUT2D eigenvalue weighted by Gasteiger charge is -2.29. The summed E-state index contributed by atoms with van der Waals surface area (Å²) in [5, 5.41) is 9.84. The number of carbonyl (C=O) groups excluding carboxylic acids is 1. The highest BCUT2D eigenvalue weighted by atomic mass is 16.3. The van der Waals surface area contributed by atoms with Crippen molar-refractivity contribution in [2.75, 3.05) is 27.2 Å². The Bertz CT molecular complexity index is 323. The SMILES string of the molecule is CC(CC(=O)N1CC(O)CC1CN(C)C)CC(C)(C)C. The quantitative estimate of drug-likeness (QED) is 0.839. The van der Waals surface area contributed by atoms with Crippen LogP contribution in [0.1, 0.15) is 47.0 Å². The maximum atomic E-state index is 12.5. The maximum absolute atomic E-state index is 12.5. The van der Waals surface area contributed by atoms with Crippen LogP contribution in [0.2, 0.25) is 0 Å². The van der Waals surface area contributed by atoms with Crippen LogP contribution in [-0.2, 0) is 4.79 Å². The van der Waals surface area contributed by atoms with Gasteiger partial charge in [0.15, 0.2) is 0 Å². The molecule has 1 aliphatic heterocycles. The highest BCUT2D eigenvalue weighted by Crippen LogP contribution is 2.28. The highest BCUT2D eigenvalue weighted by Gasteiger charge is 2.34. The molecule has 4 nitrogen and oxygen atoms in total. The number of hydrogen-bond acceptors (Lipinski definition) is 3. The lowest BCUT2D eigenvalue weighted by molar-refractivity contribution is -0.133. The van der Waals surface area contributed by atoms with Crippen molar-refractivity contribution in [2.45, 2.75) is 59.1 Å². The standard InChI is InChI=1S/C16H32N2O2/c1-12(9-16(2,3)4)7-15(20)18-11-14(19)8-13(18)10-17(5)6/h12-14,19H,7-11H2,1-6H3. The summed E-state index contributed by atoms with van der Waals surface area (Å²) >= 11 is 0. The Labute approximate surface area is 124 Å². The number of nitrogens with zero attached hydrogens (tertiary/aromatic N) is 2. The van der Waals surface area contributed by atoms with Crippen LogP contribution < -0.4 is 0 Å². The number of carbonyl (C=O) groups is 1. The molecular weight excluding hydrogens is 252 g/mol. The molecule has 0 radical (unpaired) electrons. The molecule has 0 aromatic rings. The third kappa shape index (κ3) is 5.80. The number of rotatable bonds is 5.